The highest BCUT2D eigenvalue weighted by molar-refractivity contribution is 5.47. The van der Waals surface area contributed by atoms with Crippen molar-refractivity contribution in [2.75, 3.05) is 6.61 Å². The van der Waals surface area contributed by atoms with Crippen molar-refractivity contribution >= 4 is 0 Å². The lowest BCUT2D eigenvalue weighted by atomic mass is 9.69. The highest BCUT2D eigenvalue weighted by atomic mass is 16.5. The second-order valence-electron chi connectivity index (χ2n) is 5.96. The Labute approximate surface area is 103 Å². The maximum absolute atomic E-state index is 9.72. The minimum absolute atomic E-state index is 0.122. The smallest absolute Gasteiger partial charge is 0.135 e. The third kappa shape index (κ3) is 1.25. The molecule has 0 amide bonds. The summed E-state index contributed by atoms with van der Waals surface area (Å²) < 4.78 is 6.17. The standard InChI is InChI=1S/C15H20O2/c1-10-4-5-12-13(8-10)17-15(9-16)7-6-14(12,3)11(15)2/h4-5,8,11,16H,6-7,9H2,1-3H3/t11-,14+,15+/m0/s1. The van der Waals surface area contributed by atoms with Gasteiger partial charge in [-0.3, -0.25) is 0 Å². The fourth-order valence-electron chi connectivity index (χ4n) is 3.65. The Balaban J connectivity index is 2.20. The van der Waals surface area contributed by atoms with Crippen LogP contribution in [0.2, 0.25) is 0 Å². The van der Waals surface area contributed by atoms with E-state index in [9.17, 15) is 5.11 Å². The van der Waals surface area contributed by atoms with Crippen LogP contribution in [0.25, 0.3) is 0 Å². The summed E-state index contributed by atoms with van der Waals surface area (Å²) in [6.45, 7) is 6.73. The van der Waals surface area contributed by atoms with E-state index in [1.54, 1.807) is 0 Å². The summed E-state index contributed by atoms with van der Waals surface area (Å²) in [5.41, 5.74) is 2.34. The molecule has 2 nitrogen and oxygen atoms in total. The van der Waals surface area contributed by atoms with Gasteiger partial charge in [0.05, 0.1) is 6.61 Å². The molecular weight excluding hydrogens is 212 g/mol. The van der Waals surface area contributed by atoms with E-state index in [2.05, 4.69) is 39.0 Å². The summed E-state index contributed by atoms with van der Waals surface area (Å²) in [6.07, 6.45) is 2.06. The first kappa shape index (κ1) is 11.1. The molecule has 0 radical (unpaired) electrons. The zero-order valence-electron chi connectivity index (χ0n) is 10.8. The van der Waals surface area contributed by atoms with E-state index in [1.165, 1.54) is 11.1 Å². The van der Waals surface area contributed by atoms with Gasteiger partial charge in [0, 0.05) is 16.9 Å². The maximum Gasteiger partial charge on any atom is 0.135 e. The van der Waals surface area contributed by atoms with Crippen LogP contribution in [-0.4, -0.2) is 17.3 Å². The Morgan fingerprint density at radius 1 is 1.41 bits per heavy atom. The highest BCUT2D eigenvalue weighted by Gasteiger charge is 2.58. The fourth-order valence-corrected chi connectivity index (χ4v) is 3.65. The Morgan fingerprint density at radius 3 is 2.88 bits per heavy atom. The fraction of sp³-hybridized carbons (Fsp3) is 0.600. The summed E-state index contributed by atoms with van der Waals surface area (Å²) >= 11 is 0. The van der Waals surface area contributed by atoms with Gasteiger partial charge in [-0.2, -0.15) is 0 Å². The predicted molar refractivity (Wildman–Crippen MR) is 67.4 cm³/mol. The van der Waals surface area contributed by atoms with Crippen LogP contribution < -0.4 is 4.74 Å². The molecule has 2 bridgehead atoms. The predicted octanol–water partition coefficient (Wildman–Crippen LogP) is 2.81. The van der Waals surface area contributed by atoms with E-state index < -0.39 is 0 Å². The van der Waals surface area contributed by atoms with Crippen LogP contribution in [0, 0.1) is 12.8 Å². The van der Waals surface area contributed by atoms with E-state index >= 15 is 0 Å². The van der Waals surface area contributed by atoms with Gasteiger partial charge in [0.15, 0.2) is 0 Å². The second-order valence-corrected chi connectivity index (χ2v) is 5.96. The minimum atomic E-state index is -0.352. The van der Waals surface area contributed by atoms with Crippen LogP contribution >= 0.6 is 0 Å². The number of aliphatic hydroxyl groups is 1. The Bertz CT molecular complexity index is 468. The maximum atomic E-state index is 9.72. The quantitative estimate of drug-likeness (QED) is 0.806. The first-order valence-electron chi connectivity index (χ1n) is 6.43. The van der Waals surface area contributed by atoms with Crippen LogP contribution in [0.3, 0.4) is 0 Å². The lowest BCUT2D eigenvalue weighted by Crippen LogP contribution is -2.50. The summed E-state index contributed by atoms with van der Waals surface area (Å²) in [4.78, 5) is 0. The average Bonchev–Trinajstić information content (AvgIpc) is 2.49. The molecule has 3 rings (SSSR count). The summed E-state index contributed by atoms with van der Waals surface area (Å²) in [5, 5.41) is 9.72. The number of fused-ring (bicyclic) bond motifs is 4. The molecule has 2 heteroatoms. The number of ether oxygens (including phenoxy) is 1. The van der Waals surface area contributed by atoms with Crippen molar-refractivity contribution in [3.63, 3.8) is 0 Å². The summed E-state index contributed by atoms with van der Waals surface area (Å²) in [6, 6.07) is 6.47. The van der Waals surface area contributed by atoms with Crippen molar-refractivity contribution in [3.05, 3.63) is 29.3 Å². The molecule has 2 aliphatic rings. The first-order valence-corrected chi connectivity index (χ1v) is 6.43. The normalized spacial score (nSPS) is 38.7. The zero-order chi connectivity index (χ0) is 12.3. The van der Waals surface area contributed by atoms with Gasteiger partial charge in [0.25, 0.3) is 0 Å². The molecule has 0 aromatic heterocycles. The second kappa shape index (κ2) is 3.26. The molecule has 1 aromatic rings. The van der Waals surface area contributed by atoms with Crippen LogP contribution in [-0.2, 0) is 5.41 Å². The van der Waals surface area contributed by atoms with Crippen molar-refractivity contribution < 1.29 is 9.84 Å². The molecule has 3 atom stereocenters. The van der Waals surface area contributed by atoms with Gasteiger partial charge in [-0.05, 0) is 31.4 Å². The van der Waals surface area contributed by atoms with E-state index in [1.807, 2.05) is 0 Å². The highest BCUT2D eigenvalue weighted by Crippen LogP contribution is 2.58. The van der Waals surface area contributed by atoms with E-state index in [-0.39, 0.29) is 17.6 Å². The van der Waals surface area contributed by atoms with Crippen molar-refractivity contribution in [3.8, 4) is 5.75 Å². The average molecular weight is 232 g/mol. The monoisotopic (exact) mass is 232 g/mol. The summed E-state index contributed by atoms with van der Waals surface area (Å²) in [5.74, 6) is 1.35. The molecule has 0 unspecified atom stereocenters. The molecule has 1 N–H and O–H groups in total. The molecule has 1 saturated carbocycles. The summed E-state index contributed by atoms with van der Waals surface area (Å²) in [7, 11) is 0. The van der Waals surface area contributed by atoms with Gasteiger partial charge in [-0.15, -0.1) is 0 Å². The number of hydrogen-bond donors (Lipinski definition) is 1. The third-order valence-electron chi connectivity index (χ3n) is 5.15. The van der Waals surface area contributed by atoms with Gasteiger partial charge in [-0.25, -0.2) is 0 Å². The molecule has 92 valence electrons. The molecule has 0 spiro atoms. The van der Waals surface area contributed by atoms with Crippen molar-refractivity contribution in [2.45, 2.75) is 44.6 Å². The molecule has 1 fully saturated rings. The molecule has 17 heavy (non-hydrogen) atoms. The lowest BCUT2D eigenvalue weighted by molar-refractivity contribution is -0.0394. The number of aliphatic hydroxyl groups excluding tert-OH is 1. The van der Waals surface area contributed by atoms with Crippen LogP contribution in [0.15, 0.2) is 18.2 Å². The number of aryl methyl sites for hydroxylation is 1. The van der Waals surface area contributed by atoms with Crippen LogP contribution in [0.4, 0.5) is 0 Å². The van der Waals surface area contributed by atoms with Crippen molar-refractivity contribution in [1.29, 1.82) is 0 Å². The lowest BCUT2D eigenvalue weighted by Gasteiger charge is -2.44. The Hall–Kier alpha value is -1.02. The first-order chi connectivity index (χ1) is 8.02. The van der Waals surface area contributed by atoms with Crippen molar-refractivity contribution in [1.82, 2.24) is 0 Å². The largest absolute Gasteiger partial charge is 0.484 e. The Kier molecular flexibility index (Phi) is 2.13. The Morgan fingerprint density at radius 2 is 2.18 bits per heavy atom. The van der Waals surface area contributed by atoms with E-state index in [0.717, 1.165) is 18.6 Å². The van der Waals surface area contributed by atoms with Crippen molar-refractivity contribution in [2.24, 2.45) is 5.92 Å². The zero-order valence-corrected chi connectivity index (χ0v) is 10.8. The topological polar surface area (TPSA) is 29.5 Å². The molecular formula is C15H20O2. The molecule has 0 saturated heterocycles. The molecule has 1 aliphatic carbocycles. The molecule has 1 aliphatic heterocycles. The van der Waals surface area contributed by atoms with Gasteiger partial charge in [0.2, 0.25) is 0 Å². The van der Waals surface area contributed by atoms with E-state index in [4.69, 9.17) is 4.74 Å². The van der Waals surface area contributed by atoms with Gasteiger partial charge >= 0.3 is 0 Å². The van der Waals surface area contributed by atoms with Gasteiger partial charge < -0.3 is 9.84 Å². The van der Waals surface area contributed by atoms with Gasteiger partial charge in [0.1, 0.15) is 11.4 Å². The van der Waals surface area contributed by atoms with Crippen LogP contribution in [0.5, 0.6) is 5.75 Å². The minimum Gasteiger partial charge on any atom is -0.484 e. The SMILES string of the molecule is Cc1ccc2c(c1)O[C@@]1(CO)CC[C@]2(C)[C@@H]1C. The number of benzene rings is 1. The van der Waals surface area contributed by atoms with E-state index in [0.29, 0.717) is 5.92 Å². The molecule has 1 heterocycles. The van der Waals surface area contributed by atoms with Gasteiger partial charge in [-0.1, -0.05) is 26.0 Å². The third-order valence-corrected chi connectivity index (χ3v) is 5.15. The number of hydrogen-bond acceptors (Lipinski definition) is 2. The molecule has 1 aromatic carbocycles. The number of rotatable bonds is 1. The van der Waals surface area contributed by atoms with Crippen LogP contribution in [0.1, 0.15) is 37.8 Å².